The van der Waals surface area contributed by atoms with E-state index in [9.17, 15) is 13.2 Å². The van der Waals surface area contributed by atoms with Crippen molar-refractivity contribution < 1.29 is 17.9 Å². The highest BCUT2D eigenvalue weighted by Crippen LogP contribution is 2.34. The first-order valence-corrected chi connectivity index (χ1v) is 14.6. The number of aromatic nitrogens is 3. The van der Waals surface area contributed by atoms with E-state index in [1.807, 2.05) is 24.3 Å². The second-order valence-corrected chi connectivity index (χ2v) is 12.3. The van der Waals surface area contributed by atoms with Crippen LogP contribution in [-0.2, 0) is 27.7 Å². The molecule has 1 amide bonds. The van der Waals surface area contributed by atoms with Crippen molar-refractivity contribution in [2.75, 3.05) is 25.5 Å². The van der Waals surface area contributed by atoms with Crippen molar-refractivity contribution in [2.45, 2.75) is 37.0 Å². The molecule has 0 atom stereocenters. The van der Waals surface area contributed by atoms with Gasteiger partial charge in [-0.05, 0) is 68.5 Å². The molecule has 1 fully saturated rings. The van der Waals surface area contributed by atoms with Gasteiger partial charge >= 0.3 is 0 Å². The summed E-state index contributed by atoms with van der Waals surface area (Å²) in [7, 11) is -2.08. The fourth-order valence-electron chi connectivity index (χ4n) is 5.08. The molecule has 1 saturated heterocycles. The molecule has 0 bridgehead atoms. The fourth-order valence-corrected chi connectivity index (χ4v) is 7.48. The van der Waals surface area contributed by atoms with E-state index in [4.69, 9.17) is 14.8 Å². The third kappa shape index (κ3) is 4.41. The highest BCUT2D eigenvalue weighted by molar-refractivity contribution is 7.89. The molecule has 4 aromatic rings. The summed E-state index contributed by atoms with van der Waals surface area (Å²) >= 11 is 1.54. The first-order chi connectivity index (χ1) is 17.9. The Morgan fingerprint density at radius 3 is 2.57 bits per heavy atom. The maximum absolute atomic E-state index is 13.4. The van der Waals surface area contributed by atoms with E-state index in [0.29, 0.717) is 37.5 Å². The molecule has 3 heterocycles. The molecular weight excluding hydrogens is 510 g/mol. The van der Waals surface area contributed by atoms with Gasteiger partial charge in [-0.1, -0.05) is 23.5 Å². The lowest BCUT2D eigenvalue weighted by Crippen LogP contribution is -2.41. The molecule has 192 valence electrons. The normalized spacial score (nSPS) is 16.7. The number of hydrogen-bond acceptors (Lipinski definition) is 7. The molecule has 37 heavy (non-hydrogen) atoms. The van der Waals surface area contributed by atoms with Crippen molar-refractivity contribution in [2.24, 2.45) is 5.92 Å². The number of sulfonamides is 1. The molecule has 2 aromatic carbocycles. The maximum atomic E-state index is 13.4. The van der Waals surface area contributed by atoms with Crippen LogP contribution in [0.25, 0.3) is 15.3 Å². The summed E-state index contributed by atoms with van der Waals surface area (Å²) in [6, 6.07) is 14.3. The number of piperidine rings is 1. The van der Waals surface area contributed by atoms with Gasteiger partial charge in [0.15, 0.2) is 0 Å². The summed E-state index contributed by atoms with van der Waals surface area (Å²) < 4.78 is 35.6. The highest BCUT2D eigenvalue weighted by Gasteiger charge is 2.33. The lowest BCUT2D eigenvalue weighted by Gasteiger charge is -2.30. The fraction of sp³-hybridized carbons (Fsp3) is 0.346. The van der Waals surface area contributed by atoms with Gasteiger partial charge in [0.25, 0.3) is 0 Å². The SMILES string of the molecule is COc1ccc(S(=O)(=O)N2CCC(C(=O)Nc3c4c(nn3-c3nc5ccccc5s3)CCC4)CC2)cc1. The van der Waals surface area contributed by atoms with Crippen molar-refractivity contribution in [3.05, 3.63) is 59.8 Å². The van der Waals surface area contributed by atoms with Crippen LogP contribution < -0.4 is 10.1 Å². The van der Waals surface area contributed by atoms with Crippen molar-refractivity contribution in [1.82, 2.24) is 19.1 Å². The minimum absolute atomic E-state index is 0.0987. The van der Waals surface area contributed by atoms with Crippen molar-refractivity contribution in [1.29, 1.82) is 0 Å². The Balaban J connectivity index is 1.18. The Labute approximate surface area is 219 Å². The molecular formula is C26H27N5O4S2. The van der Waals surface area contributed by atoms with Crippen molar-refractivity contribution in [3.63, 3.8) is 0 Å². The van der Waals surface area contributed by atoms with Gasteiger partial charge < -0.3 is 10.1 Å². The molecule has 0 radical (unpaired) electrons. The van der Waals surface area contributed by atoms with E-state index in [1.165, 1.54) is 4.31 Å². The number of carbonyl (C=O) groups is 1. The molecule has 2 aromatic heterocycles. The Kier molecular flexibility index (Phi) is 6.21. The van der Waals surface area contributed by atoms with E-state index in [-0.39, 0.29) is 16.7 Å². The van der Waals surface area contributed by atoms with Crippen LogP contribution in [0.1, 0.15) is 30.5 Å². The number of para-hydroxylation sites is 1. The first kappa shape index (κ1) is 24.1. The van der Waals surface area contributed by atoms with E-state index in [0.717, 1.165) is 45.9 Å². The summed E-state index contributed by atoms with van der Waals surface area (Å²) in [5, 5.41) is 8.67. The van der Waals surface area contributed by atoms with Gasteiger partial charge in [-0.3, -0.25) is 4.79 Å². The number of ether oxygens (including phenoxy) is 1. The Bertz CT molecular complexity index is 1540. The average molecular weight is 538 g/mol. The number of nitrogens with zero attached hydrogens (tertiary/aromatic N) is 4. The standard InChI is InChI=1S/C26H27N5O4S2/c1-35-18-9-11-19(12-10-18)37(33,34)30-15-13-17(14-16-30)25(32)28-24-20-5-4-7-21(20)29-31(24)26-27-22-6-2-3-8-23(22)36-26/h2-3,6,8-12,17H,4-5,7,13-16H2,1H3,(H,28,32). The minimum atomic E-state index is -3.62. The van der Waals surface area contributed by atoms with Crippen LogP contribution in [0.5, 0.6) is 5.75 Å². The van der Waals surface area contributed by atoms with Gasteiger partial charge in [-0.25, -0.2) is 13.4 Å². The lowest BCUT2D eigenvalue weighted by atomic mass is 9.97. The quantitative estimate of drug-likeness (QED) is 0.398. The molecule has 0 saturated carbocycles. The van der Waals surface area contributed by atoms with Gasteiger partial charge in [0.2, 0.25) is 21.1 Å². The summed E-state index contributed by atoms with van der Waals surface area (Å²) in [6.07, 6.45) is 3.69. The number of carbonyl (C=O) groups excluding carboxylic acids is 1. The molecule has 2 aliphatic rings. The van der Waals surface area contributed by atoms with Crippen LogP contribution >= 0.6 is 11.3 Å². The first-order valence-electron chi connectivity index (χ1n) is 12.4. The number of aryl methyl sites for hydroxylation is 1. The Morgan fingerprint density at radius 1 is 1.08 bits per heavy atom. The molecule has 0 spiro atoms. The molecule has 11 heteroatoms. The Hall–Kier alpha value is -3.28. The third-order valence-electron chi connectivity index (χ3n) is 7.13. The number of rotatable bonds is 6. The number of thiazole rings is 1. The van der Waals surface area contributed by atoms with Crippen molar-refractivity contribution >= 4 is 43.3 Å². The highest BCUT2D eigenvalue weighted by atomic mass is 32.2. The summed E-state index contributed by atoms with van der Waals surface area (Å²) in [5.41, 5.74) is 2.99. The van der Waals surface area contributed by atoms with Gasteiger partial charge in [-0.2, -0.15) is 14.1 Å². The number of hydrogen-bond donors (Lipinski definition) is 1. The van der Waals surface area contributed by atoms with Gasteiger partial charge in [0.1, 0.15) is 11.6 Å². The van der Waals surface area contributed by atoms with Crippen LogP contribution in [-0.4, -0.2) is 53.6 Å². The second-order valence-electron chi connectivity index (χ2n) is 9.35. The number of fused-ring (bicyclic) bond motifs is 2. The third-order valence-corrected chi connectivity index (χ3v) is 10.1. The summed E-state index contributed by atoms with van der Waals surface area (Å²) in [4.78, 5) is 18.3. The van der Waals surface area contributed by atoms with E-state index in [1.54, 1.807) is 47.4 Å². The number of nitrogens with one attached hydrogen (secondary N) is 1. The molecule has 1 aliphatic carbocycles. The largest absolute Gasteiger partial charge is 0.497 e. The number of anilines is 1. The van der Waals surface area contributed by atoms with Gasteiger partial charge in [0.05, 0.1) is 27.9 Å². The van der Waals surface area contributed by atoms with Crippen LogP contribution in [0.15, 0.2) is 53.4 Å². The number of benzene rings is 2. The van der Waals surface area contributed by atoms with E-state index in [2.05, 4.69) is 5.32 Å². The zero-order chi connectivity index (χ0) is 25.6. The predicted octanol–water partition coefficient (Wildman–Crippen LogP) is 4.02. The monoisotopic (exact) mass is 537 g/mol. The average Bonchev–Trinajstić information content (AvgIpc) is 3.64. The van der Waals surface area contributed by atoms with E-state index < -0.39 is 10.0 Å². The predicted molar refractivity (Wildman–Crippen MR) is 142 cm³/mol. The maximum Gasteiger partial charge on any atom is 0.243 e. The van der Waals surface area contributed by atoms with Crippen LogP contribution in [0, 0.1) is 5.92 Å². The van der Waals surface area contributed by atoms with Crippen LogP contribution in [0.3, 0.4) is 0 Å². The summed E-state index contributed by atoms with van der Waals surface area (Å²) in [6.45, 7) is 0.587. The molecule has 0 unspecified atom stereocenters. The molecule has 1 N–H and O–H groups in total. The second kappa shape index (κ2) is 9.55. The zero-order valence-corrected chi connectivity index (χ0v) is 22.0. The van der Waals surface area contributed by atoms with Crippen LogP contribution in [0.4, 0.5) is 5.82 Å². The smallest absolute Gasteiger partial charge is 0.243 e. The molecule has 9 nitrogen and oxygen atoms in total. The minimum Gasteiger partial charge on any atom is -0.497 e. The van der Waals surface area contributed by atoms with Gasteiger partial charge in [0, 0.05) is 24.6 Å². The number of amides is 1. The lowest BCUT2D eigenvalue weighted by molar-refractivity contribution is -0.121. The zero-order valence-electron chi connectivity index (χ0n) is 20.4. The Morgan fingerprint density at radius 2 is 1.84 bits per heavy atom. The molecule has 6 rings (SSSR count). The number of methoxy groups -OCH3 is 1. The van der Waals surface area contributed by atoms with Gasteiger partial charge in [-0.15, -0.1) is 0 Å². The topological polar surface area (TPSA) is 106 Å². The van der Waals surface area contributed by atoms with Crippen molar-refractivity contribution in [3.8, 4) is 10.9 Å². The van der Waals surface area contributed by atoms with E-state index >= 15 is 0 Å². The van der Waals surface area contributed by atoms with Crippen LogP contribution in [0.2, 0.25) is 0 Å². The summed E-state index contributed by atoms with van der Waals surface area (Å²) in [5.74, 6) is 0.923. The molecule has 1 aliphatic heterocycles.